The quantitative estimate of drug-likeness (QED) is 0.732. The Balaban J connectivity index is 1.70. The van der Waals surface area contributed by atoms with E-state index in [1.54, 1.807) is 0 Å². The molecular formula is C12H21NO4. The third kappa shape index (κ3) is 2.11. The van der Waals surface area contributed by atoms with Gasteiger partial charge in [-0.2, -0.15) is 0 Å². The molecule has 17 heavy (non-hydrogen) atoms. The second-order valence-electron chi connectivity index (χ2n) is 5.94. The third-order valence-electron chi connectivity index (χ3n) is 3.56. The van der Waals surface area contributed by atoms with Gasteiger partial charge in [0, 0.05) is 6.54 Å². The van der Waals surface area contributed by atoms with E-state index in [2.05, 4.69) is 5.32 Å². The summed E-state index contributed by atoms with van der Waals surface area (Å²) in [5.41, 5.74) is 0. The standard InChI is InChI=1S/C12H21NO4/c1-11(2)14-6-8(16-11)9-10-7(5-13-9)15-12(3,4)17-10/h7-10,13H,5-6H2,1-4H3/t7?,8?,9-,10-/m0/s1. The van der Waals surface area contributed by atoms with Crippen LogP contribution in [0.25, 0.3) is 0 Å². The number of ether oxygens (including phenoxy) is 4. The maximum atomic E-state index is 5.95. The first-order chi connectivity index (χ1) is 7.86. The maximum Gasteiger partial charge on any atom is 0.163 e. The first-order valence-corrected chi connectivity index (χ1v) is 6.27. The number of hydrogen-bond donors (Lipinski definition) is 1. The average Bonchev–Trinajstić information content (AvgIpc) is 2.77. The predicted molar refractivity (Wildman–Crippen MR) is 60.5 cm³/mol. The van der Waals surface area contributed by atoms with Gasteiger partial charge in [-0.25, -0.2) is 0 Å². The van der Waals surface area contributed by atoms with Crippen molar-refractivity contribution >= 4 is 0 Å². The van der Waals surface area contributed by atoms with E-state index in [0.29, 0.717) is 6.61 Å². The molecule has 98 valence electrons. The van der Waals surface area contributed by atoms with E-state index in [1.807, 2.05) is 27.7 Å². The molecule has 2 unspecified atom stereocenters. The Morgan fingerprint density at radius 1 is 0.941 bits per heavy atom. The molecule has 0 saturated carbocycles. The monoisotopic (exact) mass is 243 g/mol. The van der Waals surface area contributed by atoms with Crippen molar-refractivity contribution in [1.29, 1.82) is 0 Å². The lowest BCUT2D eigenvalue weighted by atomic mass is 10.1. The fourth-order valence-electron chi connectivity index (χ4n) is 2.93. The van der Waals surface area contributed by atoms with E-state index in [4.69, 9.17) is 18.9 Å². The average molecular weight is 243 g/mol. The van der Waals surface area contributed by atoms with E-state index in [0.717, 1.165) is 6.54 Å². The van der Waals surface area contributed by atoms with Crippen LogP contribution in [0, 0.1) is 0 Å². The van der Waals surface area contributed by atoms with Crippen molar-refractivity contribution in [3.8, 4) is 0 Å². The summed E-state index contributed by atoms with van der Waals surface area (Å²) >= 11 is 0. The Morgan fingerprint density at radius 2 is 1.65 bits per heavy atom. The van der Waals surface area contributed by atoms with Crippen LogP contribution in [0.2, 0.25) is 0 Å². The Kier molecular flexibility index (Phi) is 2.55. The highest BCUT2D eigenvalue weighted by molar-refractivity contribution is 5.02. The van der Waals surface area contributed by atoms with E-state index in [1.165, 1.54) is 0 Å². The minimum Gasteiger partial charge on any atom is -0.348 e. The molecule has 5 nitrogen and oxygen atoms in total. The van der Waals surface area contributed by atoms with Crippen molar-refractivity contribution < 1.29 is 18.9 Å². The van der Waals surface area contributed by atoms with Crippen molar-refractivity contribution in [3.05, 3.63) is 0 Å². The molecule has 4 atom stereocenters. The lowest BCUT2D eigenvalue weighted by molar-refractivity contribution is -0.165. The Labute approximate surface area is 102 Å². The van der Waals surface area contributed by atoms with Gasteiger partial charge >= 0.3 is 0 Å². The van der Waals surface area contributed by atoms with Crippen LogP contribution in [-0.2, 0) is 18.9 Å². The summed E-state index contributed by atoms with van der Waals surface area (Å²) < 4.78 is 23.3. The van der Waals surface area contributed by atoms with Crippen molar-refractivity contribution in [2.24, 2.45) is 0 Å². The van der Waals surface area contributed by atoms with Gasteiger partial charge in [0.15, 0.2) is 11.6 Å². The van der Waals surface area contributed by atoms with Gasteiger partial charge in [0.25, 0.3) is 0 Å². The first kappa shape index (κ1) is 11.9. The molecule has 0 spiro atoms. The summed E-state index contributed by atoms with van der Waals surface area (Å²) in [6.07, 6.45) is 0.229. The number of nitrogens with one attached hydrogen (secondary N) is 1. The number of rotatable bonds is 1. The highest BCUT2D eigenvalue weighted by Crippen LogP contribution is 2.36. The highest BCUT2D eigenvalue weighted by Gasteiger charge is 2.53. The number of hydrogen-bond acceptors (Lipinski definition) is 5. The second-order valence-corrected chi connectivity index (χ2v) is 5.94. The minimum absolute atomic E-state index is 0.0394. The van der Waals surface area contributed by atoms with Crippen LogP contribution in [0.15, 0.2) is 0 Å². The Bertz CT molecular complexity index is 318. The summed E-state index contributed by atoms with van der Waals surface area (Å²) in [7, 11) is 0. The largest absolute Gasteiger partial charge is 0.348 e. The zero-order valence-electron chi connectivity index (χ0n) is 10.9. The summed E-state index contributed by atoms with van der Waals surface area (Å²) in [6.45, 7) is 9.22. The van der Waals surface area contributed by atoms with Crippen molar-refractivity contribution in [2.45, 2.75) is 63.6 Å². The van der Waals surface area contributed by atoms with Crippen LogP contribution in [0.5, 0.6) is 0 Å². The third-order valence-corrected chi connectivity index (χ3v) is 3.56. The molecule has 0 aromatic heterocycles. The summed E-state index contributed by atoms with van der Waals surface area (Å²) in [6, 6.07) is 0.156. The van der Waals surface area contributed by atoms with E-state index in [9.17, 15) is 0 Å². The van der Waals surface area contributed by atoms with Gasteiger partial charge in [0.05, 0.1) is 12.6 Å². The zero-order valence-corrected chi connectivity index (χ0v) is 10.9. The van der Waals surface area contributed by atoms with Crippen LogP contribution in [0.1, 0.15) is 27.7 Å². The fourth-order valence-corrected chi connectivity index (χ4v) is 2.93. The van der Waals surface area contributed by atoms with E-state index < -0.39 is 11.6 Å². The predicted octanol–water partition coefficient (Wildman–Crippen LogP) is 0.630. The number of fused-ring (bicyclic) bond motifs is 1. The van der Waals surface area contributed by atoms with Crippen LogP contribution in [0.3, 0.4) is 0 Å². The summed E-state index contributed by atoms with van der Waals surface area (Å²) in [5.74, 6) is -0.968. The topological polar surface area (TPSA) is 49.0 Å². The molecule has 3 saturated heterocycles. The fraction of sp³-hybridized carbons (Fsp3) is 1.00. The van der Waals surface area contributed by atoms with Gasteiger partial charge in [0.2, 0.25) is 0 Å². The van der Waals surface area contributed by atoms with Crippen molar-refractivity contribution in [3.63, 3.8) is 0 Å². The molecule has 0 bridgehead atoms. The normalized spacial score (nSPS) is 47.3. The Hall–Kier alpha value is -0.200. The first-order valence-electron chi connectivity index (χ1n) is 6.27. The molecule has 1 N–H and O–H groups in total. The van der Waals surface area contributed by atoms with E-state index in [-0.39, 0.29) is 24.4 Å². The summed E-state index contributed by atoms with van der Waals surface area (Å²) in [5, 5.41) is 3.42. The maximum absolute atomic E-state index is 5.95. The molecule has 0 radical (unpaired) electrons. The van der Waals surface area contributed by atoms with Crippen LogP contribution in [-0.4, -0.2) is 49.1 Å². The zero-order chi connectivity index (χ0) is 12.3. The molecule has 0 amide bonds. The molecule has 0 aromatic carbocycles. The molecule has 3 aliphatic heterocycles. The molecule has 3 aliphatic rings. The lowest BCUT2D eigenvalue weighted by Crippen LogP contribution is -2.46. The van der Waals surface area contributed by atoms with Gasteiger partial charge in [-0.15, -0.1) is 0 Å². The summed E-state index contributed by atoms with van der Waals surface area (Å²) in [4.78, 5) is 0. The smallest absolute Gasteiger partial charge is 0.163 e. The van der Waals surface area contributed by atoms with Gasteiger partial charge in [0.1, 0.15) is 18.3 Å². The van der Waals surface area contributed by atoms with Gasteiger partial charge in [-0.3, -0.25) is 0 Å². The van der Waals surface area contributed by atoms with Gasteiger partial charge < -0.3 is 24.3 Å². The van der Waals surface area contributed by atoms with E-state index >= 15 is 0 Å². The Morgan fingerprint density at radius 3 is 2.29 bits per heavy atom. The lowest BCUT2D eigenvalue weighted by Gasteiger charge is -2.26. The molecule has 5 heteroatoms. The second kappa shape index (κ2) is 3.65. The van der Waals surface area contributed by atoms with Gasteiger partial charge in [-0.05, 0) is 27.7 Å². The van der Waals surface area contributed by atoms with Crippen molar-refractivity contribution in [1.82, 2.24) is 5.32 Å². The van der Waals surface area contributed by atoms with Crippen LogP contribution in [0.4, 0.5) is 0 Å². The molecule has 3 heterocycles. The molecule has 3 rings (SSSR count). The highest BCUT2D eigenvalue weighted by atomic mass is 16.8. The minimum atomic E-state index is -0.487. The van der Waals surface area contributed by atoms with Crippen LogP contribution < -0.4 is 5.32 Å². The van der Waals surface area contributed by atoms with Gasteiger partial charge in [-0.1, -0.05) is 0 Å². The van der Waals surface area contributed by atoms with Crippen molar-refractivity contribution in [2.75, 3.05) is 13.2 Å². The SMILES string of the molecule is CC1(C)OCC([C@@H]2NCC3OC(C)(C)O[C@@H]32)O1. The molecule has 0 aliphatic carbocycles. The molecular weight excluding hydrogens is 222 g/mol. The molecule has 3 fully saturated rings. The molecule has 0 aromatic rings. The van der Waals surface area contributed by atoms with Crippen LogP contribution >= 0.6 is 0 Å².